The summed E-state index contributed by atoms with van der Waals surface area (Å²) in [5.41, 5.74) is 6.00. The van der Waals surface area contributed by atoms with Crippen molar-refractivity contribution in [2.45, 2.75) is 18.7 Å². The number of halogens is 1. The first-order chi connectivity index (χ1) is 6.89. The van der Waals surface area contributed by atoms with E-state index >= 15 is 0 Å². The summed E-state index contributed by atoms with van der Waals surface area (Å²) in [4.78, 5) is 0. The molecule has 1 aromatic rings. The normalized spacial score (nSPS) is 13.8. The lowest BCUT2D eigenvalue weighted by Crippen LogP contribution is -2.26. The van der Waals surface area contributed by atoms with Crippen molar-refractivity contribution in [3.63, 3.8) is 0 Å². The van der Waals surface area contributed by atoms with Crippen molar-refractivity contribution in [3.8, 4) is 0 Å². The molecule has 3 nitrogen and oxygen atoms in total. The molecule has 0 fully saturated rings. The molecule has 0 saturated carbocycles. The van der Waals surface area contributed by atoms with Gasteiger partial charge in [0.25, 0.3) is 0 Å². The minimum absolute atomic E-state index is 0.0512. The third-order valence-corrected chi connectivity index (χ3v) is 3.62. The van der Waals surface area contributed by atoms with Crippen molar-refractivity contribution in [3.05, 3.63) is 35.6 Å². The van der Waals surface area contributed by atoms with E-state index in [0.29, 0.717) is 5.56 Å². The summed E-state index contributed by atoms with van der Waals surface area (Å²) >= 11 is 0. The molecular formula is C10H14FNO2S. The monoisotopic (exact) mass is 231 g/mol. The molecule has 0 heterocycles. The largest absolute Gasteiger partial charge is 0.327 e. The van der Waals surface area contributed by atoms with E-state index in [4.69, 9.17) is 5.73 Å². The van der Waals surface area contributed by atoms with E-state index in [1.807, 2.05) is 0 Å². The van der Waals surface area contributed by atoms with Crippen LogP contribution in [0.4, 0.5) is 4.39 Å². The van der Waals surface area contributed by atoms with Crippen molar-refractivity contribution in [2.24, 2.45) is 5.73 Å². The Morgan fingerprint density at radius 3 is 2.33 bits per heavy atom. The topological polar surface area (TPSA) is 60.2 Å². The number of hydrogen-bond donors (Lipinski definition) is 1. The first kappa shape index (κ1) is 12.1. The van der Waals surface area contributed by atoms with Crippen LogP contribution in [0.15, 0.2) is 24.3 Å². The number of rotatable bonds is 4. The highest BCUT2D eigenvalue weighted by atomic mass is 32.2. The molecule has 0 spiro atoms. The molecule has 0 radical (unpaired) electrons. The van der Waals surface area contributed by atoms with Gasteiger partial charge in [0.15, 0.2) is 9.84 Å². The van der Waals surface area contributed by atoms with Gasteiger partial charge in [-0.3, -0.25) is 0 Å². The molecule has 0 aliphatic heterocycles. The van der Waals surface area contributed by atoms with Crippen molar-refractivity contribution in [1.29, 1.82) is 0 Å². The van der Waals surface area contributed by atoms with Crippen LogP contribution >= 0.6 is 0 Å². The molecule has 0 aromatic heterocycles. The highest BCUT2D eigenvalue weighted by Gasteiger charge is 2.14. The molecule has 1 atom stereocenters. The van der Waals surface area contributed by atoms with Gasteiger partial charge in [-0.05, 0) is 24.6 Å². The van der Waals surface area contributed by atoms with Gasteiger partial charge >= 0.3 is 0 Å². The van der Waals surface area contributed by atoms with E-state index in [-0.39, 0.29) is 23.4 Å². The Bertz CT molecular complexity index is 412. The lowest BCUT2D eigenvalue weighted by molar-refractivity contribution is 0.589. The Balaban J connectivity index is 2.73. The smallest absolute Gasteiger partial charge is 0.155 e. The van der Waals surface area contributed by atoms with Crippen LogP contribution in [-0.2, 0) is 15.6 Å². The lowest BCUT2D eigenvalue weighted by Gasteiger charge is -2.06. The van der Waals surface area contributed by atoms with Gasteiger partial charge in [0, 0.05) is 6.04 Å². The van der Waals surface area contributed by atoms with Crippen molar-refractivity contribution >= 4 is 9.84 Å². The molecule has 0 aliphatic rings. The van der Waals surface area contributed by atoms with Gasteiger partial charge < -0.3 is 5.73 Å². The van der Waals surface area contributed by atoms with Crippen LogP contribution in [0.2, 0.25) is 0 Å². The molecule has 0 bridgehead atoms. The molecule has 0 amide bonds. The van der Waals surface area contributed by atoms with Crippen LogP contribution in [0.3, 0.4) is 0 Å². The highest BCUT2D eigenvalue weighted by Crippen LogP contribution is 2.08. The molecule has 1 rings (SSSR count). The molecular weight excluding hydrogens is 217 g/mol. The molecule has 0 saturated heterocycles. The van der Waals surface area contributed by atoms with Gasteiger partial charge in [-0.1, -0.05) is 12.1 Å². The SMILES string of the molecule is CC(N)CS(=O)(=O)Cc1ccc(F)cc1. The van der Waals surface area contributed by atoms with Crippen LogP contribution in [0.1, 0.15) is 12.5 Å². The van der Waals surface area contributed by atoms with Crippen LogP contribution < -0.4 is 5.73 Å². The Labute approximate surface area is 89.0 Å². The Hall–Kier alpha value is -0.940. The van der Waals surface area contributed by atoms with Gasteiger partial charge in [-0.2, -0.15) is 0 Å². The molecule has 1 aromatic carbocycles. The maximum Gasteiger partial charge on any atom is 0.155 e. The average molecular weight is 231 g/mol. The maximum absolute atomic E-state index is 12.6. The highest BCUT2D eigenvalue weighted by molar-refractivity contribution is 7.90. The molecule has 5 heteroatoms. The fraction of sp³-hybridized carbons (Fsp3) is 0.400. The van der Waals surface area contributed by atoms with Gasteiger partial charge in [0.2, 0.25) is 0 Å². The summed E-state index contributed by atoms with van der Waals surface area (Å²) in [5, 5.41) is 0. The summed E-state index contributed by atoms with van der Waals surface area (Å²) in [7, 11) is -3.19. The number of nitrogens with two attached hydrogens (primary N) is 1. The summed E-state index contributed by atoms with van der Waals surface area (Å²) in [6.07, 6.45) is 0. The van der Waals surface area contributed by atoms with E-state index in [1.165, 1.54) is 24.3 Å². The van der Waals surface area contributed by atoms with Crippen LogP contribution in [0.25, 0.3) is 0 Å². The van der Waals surface area contributed by atoms with Crippen molar-refractivity contribution in [2.75, 3.05) is 5.75 Å². The Morgan fingerprint density at radius 1 is 1.33 bits per heavy atom. The summed E-state index contributed by atoms with van der Waals surface area (Å²) < 4.78 is 35.6. The Kier molecular flexibility index (Phi) is 3.82. The summed E-state index contributed by atoms with van der Waals surface area (Å²) in [6.45, 7) is 1.64. The molecule has 0 aliphatic carbocycles. The average Bonchev–Trinajstić information content (AvgIpc) is 2.06. The van der Waals surface area contributed by atoms with Crippen LogP contribution in [0.5, 0.6) is 0 Å². The van der Waals surface area contributed by atoms with Gasteiger partial charge in [-0.25, -0.2) is 12.8 Å². The first-order valence-electron chi connectivity index (χ1n) is 4.59. The molecule has 2 N–H and O–H groups in total. The van der Waals surface area contributed by atoms with Gasteiger partial charge in [-0.15, -0.1) is 0 Å². The van der Waals surface area contributed by atoms with E-state index in [1.54, 1.807) is 6.92 Å². The van der Waals surface area contributed by atoms with Crippen molar-refractivity contribution in [1.82, 2.24) is 0 Å². The first-order valence-corrected chi connectivity index (χ1v) is 6.41. The minimum Gasteiger partial charge on any atom is -0.327 e. The molecule has 1 unspecified atom stereocenters. The second-order valence-electron chi connectivity index (χ2n) is 3.66. The fourth-order valence-corrected chi connectivity index (χ4v) is 2.91. The van der Waals surface area contributed by atoms with Gasteiger partial charge in [0.1, 0.15) is 5.82 Å². The molecule has 84 valence electrons. The third kappa shape index (κ3) is 4.40. The van der Waals surface area contributed by atoms with Gasteiger partial charge in [0.05, 0.1) is 11.5 Å². The van der Waals surface area contributed by atoms with E-state index in [0.717, 1.165) is 0 Å². The van der Waals surface area contributed by atoms with E-state index in [9.17, 15) is 12.8 Å². The summed E-state index contributed by atoms with van der Waals surface area (Å²) in [5.74, 6) is -0.512. The fourth-order valence-electron chi connectivity index (χ4n) is 1.29. The van der Waals surface area contributed by atoms with Crippen molar-refractivity contribution < 1.29 is 12.8 Å². The van der Waals surface area contributed by atoms with Crippen LogP contribution in [-0.4, -0.2) is 20.2 Å². The zero-order chi connectivity index (χ0) is 11.5. The van der Waals surface area contributed by atoms with Crippen LogP contribution in [0, 0.1) is 5.82 Å². The quantitative estimate of drug-likeness (QED) is 0.843. The number of hydrogen-bond acceptors (Lipinski definition) is 3. The zero-order valence-electron chi connectivity index (χ0n) is 8.48. The third-order valence-electron chi connectivity index (χ3n) is 1.82. The predicted octanol–water partition coefficient (Wildman–Crippen LogP) is 1.09. The van der Waals surface area contributed by atoms with E-state index in [2.05, 4.69) is 0 Å². The van der Waals surface area contributed by atoms with E-state index < -0.39 is 9.84 Å². The summed E-state index contributed by atoms with van der Waals surface area (Å²) in [6, 6.07) is 5.05. The second-order valence-corrected chi connectivity index (χ2v) is 5.77. The number of sulfone groups is 1. The second kappa shape index (κ2) is 4.72. The minimum atomic E-state index is -3.19. The Morgan fingerprint density at radius 2 is 1.87 bits per heavy atom. The number of benzene rings is 1. The predicted molar refractivity (Wildman–Crippen MR) is 57.5 cm³/mol. The standard InChI is InChI=1S/C10H14FNO2S/c1-8(12)6-15(13,14)7-9-2-4-10(11)5-3-9/h2-5,8H,6-7,12H2,1H3. The maximum atomic E-state index is 12.6. The molecule has 15 heavy (non-hydrogen) atoms. The lowest BCUT2D eigenvalue weighted by atomic mass is 10.2. The zero-order valence-corrected chi connectivity index (χ0v) is 9.30.